The smallest absolute Gasteiger partial charge is 0.187 e. The molecule has 0 amide bonds. The van der Waals surface area contributed by atoms with Gasteiger partial charge in [-0.05, 0) is 29.8 Å². The normalized spacial score (nSPS) is 11.7. The lowest BCUT2D eigenvalue weighted by Gasteiger charge is -2.09. The Hall–Kier alpha value is -2.61. The lowest BCUT2D eigenvalue weighted by molar-refractivity contribution is 0.0975. The van der Waals surface area contributed by atoms with Gasteiger partial charge in [-0.25, -0.2) is 13.2 Å². The maximum Gasteiger partial charge on any atom is 0.187 e. The summed E-state index contributed by atoms with van der Waals surface area (Å²) in [5.74, 6) is -4.65. The van der Waals surface area contributed by atoms with Crippen LogP contribution < -0.4 is 0 Å². The molecule has 0 fully saturated rings. The van der Waals surface area contributed by atoms with Gasteiger partial charge in [-0.2, -0.15) is 5.26 Å². The second-order valence-corrected chi connectivity index (χ2v) is 4.11. The number of hydrogen-bond acceptors (Lipinski definition) is 2. The summed E-state index contributed by atoms with van der Waals surface area (Å²) in [5, 5.41) is 9.06. The van der Waals surface area contributed by atoms with Crippen molar-refractivity contribution < 1.29 is 18.0 Å². The summed E-state index contributed by atoms with van der Waals surface area (Å²) in [6, 6.07) is 9.12. The van der Waals surface area contributed by atoms with Crippen molar-refractivity contribution in [3.05, 3.63) is 71.0 Å². The fraction of sp³-hybridized carbons (Fsp3) is 0.0667. The Morgan fingerprint density at radius 3 is 2.35 bits per heavy atom. The van der Waals surface area contributed by atoms with Crippen LogP contribution in [0, 0.1) is 28.8 Å². The summed E-state index contributed by atoms with van der Waals surface area (Å²) in [7, 11) is 0. The van der Waals surface area contributed by atoms with E-state index in [-0.39, 0.29) is 5.56 Å². The summed E-state index contributed by atoms with van der Waals surface area (Å²) < 4.78 is 39.5. The zero-order chi connectivity index (χ0) is 14.7. The van der Waals surface area contributed by atoms with E-state index in [1.165, 1.54) is 18.2 Å². The molecule has 0 heterocycles. The third-order valence-corrected chi connectivity index (χ3v) is 2.77. The predicted molar refractivity (Wildman–Crippen MR) is 65.4 cm³/mol. The van der Waals surface area contributed by atoms with Gasteiger partial charge in [0.25, 0.3) is 0 Å². The lowest BCUT2D eigenvalue weighted by atomic mass is 9.91. The molecule has 0 saturated heterocycles. The van der Waals surface area contributed by atoms with Crippen molar-refractivity contribution in [2.75, 3.05) is 0 Å². The van der Waals surface area contributed by atoms with Gasteiger partial charge in [0.1, 0.15) is 23.4 Å². The first-order valence-electron chi connectivity index (χ1n) is 5.67. The van der Waals surface area contributed by atoms with Crippen LogP contribution in [0.3, 0.4) is 0 Å². The van der Waals surface area contributed by atoms with Gasteiger partial charge in [0, 0.05) is 6.07 Å². The fourth-order valence-electron chi connectivity index (χ4n) is 1.82. The number of nitrogens with zero attached hydrogens (tertiary/aromatic N) is 1. The minimum Gasteiger partial charge on any atom is -0.292 e. The number of ketones is 1. The molecule has 1 atom stereocenters. The van der Waals surface area contributed by atoms with Crippen LogP contribution in [0.4, 0.5) is 13.2 Å². The van der Waals surface area contributed by atoms with E-state index in [4.69, 9.17) is 5.26 Å². The molecule has 0 aromatic heterocycles. The molecule has 2 rings (SSSR count). The summed E-state index contributed by atoms with van der Waals surface area (Å²) in [6.07, 6.45) is 0. The van der Waals surface area contributed by atoms with Crippen LogP contribution in [-0.2, 0) is 0 Å². The van der Waals surface area contributed by atoms with Crippen molar-refractivity contribution in [3.63, 3.8) is 0 Å². The highest BCUT2D eigenvalue weighted by Crippen LogP contribution is 2.23. The molecule has 0 N–H and O–H groups in total. The number of hydrogen-bond donors (Lipinski definition) is 0. The molecule has 0 aliphatic rings. The minimum absolute atomic E-state index is 0.126. The average molecular weight is 275 g/mol. The Bertz CT molecular complexity index is 707. The molecule has 0 spiro atoms. The minimum atomic E-state index is -1.34. The summed E-state index contributed by atoms with van der Waals surface area (Å²) >= 11 is 0. The van der Waals surface area contributed by atoms with E-state index in [1.54, 1.807) is 6.07 Å². The summed E-state index contributed by atoms with van der Waals surface area (Å²) in [6.45, 7) is 0. The van der Waals surface area contributed by atoms with Crippen LogP contribution in [0.1, 0.15) is 21.8 Å². The van der Waals surface area contributed by atoms with E-state index < -0.39 is 34.7 Å². The van der Waals surface area contributed by atoms with Crippen LogP contribution in [0.5, 0.6) is 0 Å². The number of rotatable bonds is 3. The molecule has 0 aliphatic heterocycles. The molecule has 100 valence electrons. The maximum atomic E-state index is 13.5. The average Bonchev–Trinajstić information content (AvgIpc) is 2.39. The standard InChI is InChI=1S/C15H8F3NO/c16-10-3-1-2-9(6-10)13(8-19)15(20)12-5-4-11(17)7-14(12)18/h1-7,13H. The molecular formula is C15H8F3NO. The van der Waals surface area contributed by atoms with Gasteiger partial charge in [0.2, 0.25) is 0 Å². The highest BCUT2D eigenvalue weighted by atomic mass is 19.1. The van der Waals surface area contributed by atoms with Crippen molar-refractivity contribution in [3.8, 4) is 6.07 Å². The first kappa shape index (κ1) is 13.8. The quantitative estimate of drug-likeness (QED) is 0.803. The molecule has 0 bridgehead atoms. The molecule has 2 nitrogen and oxygen atoms in total. The van der Waals surface area contributed by atoms with Crippen molar-refractivity contribution >= 4 is 5.78 Å². The number of carbonyl (C=O) groups excluding carboxylic acids is 1. The molecule has 20 heavy (non-hydrogen) atoms. The Morgan fingerprint density at radius 1 is 1.05 bits per heavy atom. The monoisotopic (exact) mass is 275 g/mol. The van der Waals surface area contributed by atoms with Gasteiger partial charge in [-0.3, -0.25) is 4.79 Å². The van der Waals surface area contributed by atoms with Crippen molar-refractivity contribution in [2.45, 2.75) is 5.92 Å². The molecule has 2 aromatic carbocycles. The van der Waals surface area contributed by atoms with Crippen LogP contribution >= 0.6 is 0 Å². The van der Waals surface area contributed by atoms with Crippen LogP contribution in [-0.4, -0.2) is 5.78 Å². The zero-order valence-electron chi connectivity index (χ0n) is 10.1. The van der Waals surface area contributed by atoms with Crippen molar-refractivity contribution in [2.24, 2.45) is 0 Å². The van der Waals surface area contributed by atoms with Crippen molar-refractivity contribution in [1.29, 1.82) is 5.26 Å². The number of carbonyl (C=O) groups is 1. The van der Waals surface area contributed by atoms with Gasteiger partial charge < -0.3 is 0 Å². The van der Waals surface area contributed by atoms with Gasteiger partial charge in [-0.15, -0.1) is 0 Å². The van der Waals surface area contributed by atoms with Crippen LogP contribution in [0.2, 0.25) is 0 Å². The van der Waals surface area contributed by atoms with E-state index in [2.05, 4.69) is 0 Å². The highest BCUT2D eigenvalue weighted by Gasteiger charge is 2.24. The number of nitriles is 1. The number of Topliss-reactive ketones (excluding diaryl/α,β-unsaturated/α-hetero) is 1. The van der Waals surface area contributed by atoms with E-state index in [1.807, 2.05) is 0 Å². The van der Waals surface area contributed by atoms with Gasteiger partial charge in [0.15, 0.2) is 5.78 Å². The number of halogens is 3. The molecule has 0 radical (unpaired) electrons. The number of benzene rings is 2. The Morgan fingerprint density at radius 2 is 1.75 bits per heavy atom. The lowest BCUT2D eigenvalue weighted by Crippen LogP contribution is -2.13. The largest absolute Gasteiger partial charge is 0.292 e. The van der Waals surface area contributed by atoms with Crippen LogP contribution in [0.25, 0.3) is 0 Å². The third-order valence-electron chi connectivity index (χ3n) is 2.77. The van der Waals surface area contributed by atoms with Crippen molar-refractivity contribution in [1.82, 2.24) is 0 Å². The predicted octanol–water partition coefficient (Wildman–Crippen LogP) is 3.59. The second kappa shape index (κ2) is 5.57. The third kappa shape index (κ3) is 2.69. The topological polar surface area (TPSA) is 40.9 Å². The zero-order valence-corrected chi connectivity index (χ0v) is 10.1. The summed E-state index contributed by atoms with van der Waals surface area (Å²) in [5.41, 5.74) is -0.275. The Balaban J connectivity index is 2.42. The van der Waals surface area contributed by atoms with Gasteiger partial charge >= 0.3 is 0 Å². The molecule has 0 saturated carbocycles. The molecule has 5 heteroatoms. The van der Waals surface area contributed by atoms with E-state index in [0.29, 0.717) is 6.07 Å². The first-order valence-corrected chi connectivity index (χ1v) is 5.67. The molecule has 0 aliphatic carbocycles. The molecule has 1 unspecified atom stereocenters. The van der Waals surface area contributed by atoms with Gasteiger partial charge in [0.05, 0.1) is 11.6 Å². The Kier molecular flexibility index (Phi) is 3.85. The fourth-order valence-corrected chi connectivity index (χ4v) is 1.82. The molecule has 2 aromatic rings. The SMILES string of the molecule is N#CC(C(=O)c1ccc(F)cc1F)c1cccc(F)c1. The van der Waals surface area contributed by atoms with E-state index in [0.717, 1.165) is 18.2 Å². The van der Waals surface area contributed by atoms with E-state index >= 15 is 0 Å². The highest BCUT2D eigenvalue weighted by molar-refractivity contribution is 6.02. The summed E-state index contributed by atoms with van der Waals surface area (Å²) in [4.78, 5) is 12.1. The van der Waals surface area contributed by atoms with Crippen LogP contribution in [0.15, 0.2) is 42.5 Å². The van der Waals surface area contributed by atoms with Gasteiger partial charge in [-0.1, -0.05) is 12.1 Å². The second-order valence-electron chi connectivity index (χ2n) is 4.11. The molecular weight excluding hydrogens is 267 g/mol. The Labute approximate surface area is 113 Å². The maximum absolute atomic E-state index is 13.5. The van der Waals surface area contributed by atoms with E-state index in [9.17, 15) is 18.0 Å². The first-order chi connectivity index (χ1) is 9.52.